The molecule has 0 saturated heterocycles. The SMILES string of the molecule is Cc1cc(CC(O)c2cccc(F)c2Br)n(C)n1. The molecule has 0 aliphatic carbocycles. The predicted octanol–water partition coefficient (Wildman–Crippen LogP) is 2.91. The molecule has 1 aromatic carbocycles. The molecule has 0 saturated carbocycles. The van der Waals surface area contributed by atoms with Crippen molar-refractivity contribution in [3.05, 3.63) is 51.5 Å². The van der Waals surface area contributed by atoms with Crippen LogP contribution in [0.2, 0.25) is 0 Å². The van der Waals surface area contributed by atoms with Gasteiger partial charge in [0, 0.05) is 19.2 Å². The van der Waals surface area contributed by atoms with Crippen LogP contribution in [0.4, 0.5) is 4.39 Å². The van der Waals surface area contributed by atoms with Gasteiger partial charge >= 0.3 is 0 Å². The summed E-state index contributed by atoms with van der Waals surface area (Å²) < 4.78 is 15.4. The molecule has 1 heterocycles. The van der Waals surface area contributed by atoms with Gasteiger partial charge in [-0.15, -0.1) is 0 Å². The highest BCUT2D eigenvalue weighted by Gasteiger charge is 2.16. The lowest BCUT2D eigenvalue weighted by Crippen LogP contribution is -2.07. The second-order valence-corrected chi connectivity index (χ2v) is 5.06. The van der Waals surface area contributed by atoms with E-state index in [1.54, 1.807) is 16.8 Å². The van der Waals surface area contributed by atoms with Crippen molar-refractivity contribution < 1.29 is 9.50 Å². The van der Waals surface area contributed by atoms with Crippen LogP contribution >= 0.6 is 15.9 Å². The number of hydrogen-bond acceptors (Lipinski definition) is 2. The minimum atomic E-state index is -0.759. The first-order chi connectivity index (χ1) is 8.49. The third kappa shape index (κ3) is 2.62. The zero-order valence-electron chi connectivity index (χ0n) is 10.2. The molecule has 1 unspecified atom stereocenters. The summed E-state index contributed by atoms with van der Waals surface area (Å²) in [6.07, 6.45) is -0.357. The van der Waals surface area contributed by atoms with Crippen LogP contribution in [0.1, 0.15) is 23.1 Å². The van der Waals surface area contributed by atoms with Gasteiger partial charge < -0.3 is 5.11 Å². The number of nitrogens with zero attached hydrogens (tertiary/aromatic N) is 2. The van der Waals surface area contributed by atoms with Crippen molar-refractivity contribution in [1.82, 2.24) is 9.78 Å². The molecule has 0 aliphatic heterocycles. The van der Waals surface area contributed by atoms with E-state index in [0.717, 1.165) is 11.4 Å². The molecule has 0 spiro atoms. The molecule has 18 heavy (non-hydrogen) atoms. The summed E-state index contributed by atoms with van der Waals surface area (Å²) in [6.45, 7) is 1.90. The van der Waals surface area contributed by atoms with Gasteiger partial charge in [0.2, 0.25) is 0 Å². The van der Waals surface area contributed by atoms with Crippen molar-refractivity contribution >= 4 is 15.9 Å². The normalized spacial score (nSPS) is 12.7. The van der Waals surface area contributed by atoms with E-state index in [1.165, 1.54) is 6.07 Å². The van der Waals surface area contributed by atoms with Crippen molar-refractivity contribution in [2.24, 2.45) is 7.05 Å². The Kier molecular flexibility index (Phi) is 3.82. The average Bonchev–Trinajstić information content (AvgIpc) is 2.61. The molecule has 0 aliphatic rings. The highest BCUT2D eigenvalue weighted by molar-refractivity contribution is 9.10. The van der Waals surface area contributed by atoms with E-state index in [2.05, 4.69) is 21.0 Å². The van der Waals surface area contributed by atoms with Crippen LogP contribution in [0, 0.1) is 12.7 Å². The van der Waals surface area contributed by atoms with Crippen LogP contribution in [0.5, 0.6) is 0 Å². The lowest BCUT2D eigenvalue weighted by Gasteiger charge is -2.13. The maximum Gasteiger partial charge on any atom is 0.137 e. The maximum absolute atomic E-state index is 13.4. The van der Waals surface area contributed by atoms with E-state index in [4.69, 9.17) is 0 Å². The smallest absolute Gasteiger partial charge is 0.137 e. The standard InChI is InChI=1S/C13H14BrFN2O/c1-8-6-9(17(2)16-8)7-12(18)10-4-3-5-11(15)13(10)14/h3-6,12,18H,7H2,1-2H3. The fourth-order valence-electron chi connectivity index (χ4n) is 1.94. The summed E-state index contributed by atoms with van der Waals surface area (Å²) >= 11 is 3.16. The highest BCUT2D eigenvalue weighted by Crippen LogP contribution is 2.28. The highest BCUT2D eigenvalue weighted by atomic mass is 79.9. The van der Waals surface area contributed by atoms with Gasteiger partial charge in [-0.2, -0.15) is 5.10 Å². The molecule has 5 heteroatoms. The van der Waals surface area contributed by atoms with Crippen LogP contribution in [-0.2, 0) is 13.5 Å². The molecular formula is C13H14BrFN2O. The largest absolute Gasteiger partial charge is 0.388 e. The second kappa shape index (κ2) is 5.20. The van der Waals surface area contributed by atoms with Gasteiger partial charge in [0.15, 0.2) is 0 Å². The summed E-state index contributed by atoms with van der Waals surface area (Å²) in [7, 11) is 1.83. The molecule has 2 rings (SSSR count). The quantitative estimate of drug-likeness (QED) is 0.946. The number of rotatable bonds is 3. The van der Waals surface area contributed by atoms with Crippen LogP contribution in [-0.4, -0.2) is 14.9 Å². The Labute approximate surface area is 113 Å². The van der Waals surface area contributed by atoms with Crippen molar-refractivity contribution in [2.45, 2.75) is 19.4 Å². The van der Waals surface area contributed by atoms with Crippen LogP contribution < -0.4 is 0 Å². The van der Waals surface area contributed by atoms with E-state index in [1.807, 2.05) is 20.0 Å². The Bertz CT molecular complexity index is 568. The Morgan fingerprint density at radius 2 is 2.22 bits per heavy atom. The molecule has 0 amide bonds. The topological polar surface area (TPSA) is 38.0 Å². The van der Waals surface area contributed by atoms with E-state index >= 15 is 0 Å². The molecule has 1 aromatic heterocycles. The van der Waals surface area contributed by atoms with E-state index < -0.39 is 6.10 Å². The Morgan fingerprint density at radius 1 is 1.50 bits per heavy atom. The third-order valence-corrected chi connectivity index (χ3v) is 3.68. The lowest BCUT2D eigenvalue weighted by molar-refractivity contribution is 0.174. The predicted molar refractivity (Wildman–Crippen MR) is 70.7 cm³/mol. The van der Waals surface area contributed by atoms with E-state index in [-0.39, 0.29) is 5.82 Å². The van der Waals surface area contributed by atoms with Gasteiger partial charge in [-0.1, -0.05) is 12.1 Å². The fourth-order valence-corrected chi connectivity index (χ4v) is 2.47. The first-order valence-corrected chi connectivity index (χ1v) is 6.40. The Balaban J connectivity index is 2.24. The summed E-state index contributed by atoms with van der Waals surface area (Å²) in [5, 5.41) is 14.4. The molecule has 0 fully saturated rings. The molecule has 1 atom stereocenters. The first-order valence-electron chi connectivity index (χ1n) is 5.60. The van der Waals surface area contributed by atoms with Crippen LogP contribution in [0.25, 0.3) is 0 Å². The van der Waals surface area contributed by atoms with Gasteiger partial charge in [-0.05, 0) is 40.5 Å². The average molecular weight is 313 g/mol. The Hall–Kier alpha value is -1.20. The number of hydrogen-bond donors (Lipinski definition) is 1. The number of halogens is 2. The summed E-state index contributed by atoms with van der Waals surface area (Å²) in [4.78, 5) is 0. The number of aryl methyl sites for hydroxylation is 2. The molecule has 0 radical (unpaired) electrons. The van der Waals surface area contributed by atoms with Crippen molar-refractivity contribution in [2.75, 3.05) is 0 Å². The second-order valence-electron chi connectivity index (χ2n) is 4.26. The van der Waals surface area contributed by atoms with Crippen molar-refractivity contribution in [3.8, 4) is 0 Å². The number of aromatic nitrogens is 2. The summed E-state index contributed by atoms with van der Waals surface area (Å²) in [5.41, 5.74) is 2.36. The molecule has 2 aromatic rings. The molecule has 0 bridgehead atoms. The summed E-state index contributed by atoms with van der Waals surface area (Å²) in [5.74, 6) is -0.368. The van der Waals surface area contributed by atoms with Crippen molar-refractivity contribution in [1.29, 1.82) is 0 Å². The third-order valence-electron chi connectivity index (χ3n) is 2.84. The molecule has 1 N–H and O–H groups in total. The minimum absolute atomic E-state index is 0.316. The zero-order valence-corrected chi connectivity index (χ0v) is 11.8. The molecule has 96 valence electrons. The number of benzene rings is 1. The maximum atomic E-state index is 13.4. The summed E-state index contributed by atoms with van der Waals surface area (Å²) in [6, 6.07) is 6.57. The van der Waals surface area contributed by atoms with Gasteiger partial charge in [0.05, 0.1) is 16.3 Å². The Morgan fingerprint density at radius 3 is 2.83 bits per heavy atom. The lowest BCUT2D eigenvalue weighted by atomic mass is 10.0. The van der Waals surface area contributed by atoms with Gasteiger partial charge in [-0.25, -0.2) is 4.39 Å². The van der Waals surface area contributed by atoms with Gasteiger partial charge in [-0.3, -0.25) is 4.68 Å². The molecular weight excluding hydrogens is 299 g/mol. The number of aliphatic hydroxyl groups is 1. The van der Waals surface area contributed by atoms with Gasteiger partial charge in [0.1, 0.15) is 5.82 Å². The van der Waals surface area contributed by atoms with E-state index in [9.17, 15) is 9.50 Å². The minimum Gasteiger partial charge on any atom is -0.388 e. The number of aliphatic hydroxyl groups excluding tert-OH is 1. The fraction of sp³-hybridized carbons (Fsp3) is 0.308. The van der Waals surface area contributed by atoms with Crippen LogP contribution in [0.15, 0.2) is 28.7 Å². The monoisotopic (exact) mass is 312 g/mol. The van der Waals surface area contributed by atoms with Gasteiger partial charge in [0.25, 0.3) is 0 Å². The molecule has 3 nitrogen and oxygen atoms in total. The van der Waals surface area contributed by atoms with Crippen molar-refractivity contribution in [3.63, 3.8) is 0 Å². The zero-order chi connectivity index (χ0) is 13.3. The first kappa shape index (κ1) is 13.2. The van der Waals surface area contributed by atoms with E-state index in [0.29, 0.717) is 16.5 Å². The van der Waals surface area contributed by atoms with Crippen LogP contribution in [0.3, 0.4) is 0 Å².